The van der Waals surface area contributed by atoms with E-state index in [1.54, 1.807) is 0 Å². The second-order valence-electron chi connectivity index (χ2n) is 5.84. The second kappa shape index (κ2) is 6.04. The molecular weight excluding hydrogens is 238 g/mol. The summed E-state index contributed by atoms with van der Waals surface area (Å²) in [6.07, 6.45) is 1.04. The molecule has 106 valence electrons. The van der Waals surface area contributed by atoms with E-state index in [-0.39, 0.29) is 6.10 Å². The largest absolute Gasteiger partial charge is 0.393 e. The van der Waals surface area contributed by atoms with Gasteiger partial charge in [0.2, 0.25) is 0 Å². The van der Waals surface area contributed by atoms with Crippen LogP contribution >= 0.6 is 0 Å². The maximum absolute atomic E-state index is 10.4. The highest BCUT2D eigenvalue weighted by Gasteiger charge is 2.21. The number of benzene rings is 1. The number of hydrogen-bond donors (Lipinski definition) is 2. The molecule has 1 aliphatic heterocycles. The Morgan fingerprint density at radius 1 is 1.11 bits per heavy atom. The Labute approximate surface area is 115 Å². The molecule has 0 saturated carbocycles. The Hall–Kier alpha value is -0.900. The average molecular weight is 263 g/mol. The summed E-state index contributed by atoms with van der Waals surface area (Å²) in [5.74, 6) is 0. The lowest BCUT2D eigenvalue weighted by atomic mass is 9.96. The zero-order valence-electron chi connectivity index (χ0n) is 12.2. The van der Waals surface area contributed by atoms with Gasteiger partial charge in [0.25, 0.3) is 0 Å². The van der Waals surface area contributed by atoms with E-state index in [4.69, 9.17) is 0 Å². The molecule has 0 bridgehead atoms. The number of aryl methyl sites for hydroxylation is 3. The fraction of sp³-hybridized carbons (Fsp3) is 0.625. The highest BCUT2D eigenvalue weighted by molar-refractivity contribution is 5.37. The van der Waals surface area contributed by atoms with Crippen LogP contribution in [0.15, 0.2) is 12.1 Å². The number of rotatable bonds is 3. The highest BCUT2D eigenvalue weighted by Crippen LogP contribution is 2.23. The Kier molecular flexibility index (Phi) is 4.61. The van der Waals surface area contributed by atoms with Gasteiger partial charge in [-0.25, -0.2) is 0 Å². The number of hydrogen-bond acceptors (Lipinski definition) is 3. The standard InChI is InChI=1S/C16H25NO2/c1-11-8-13(3)15(9-12(11)2)16(19)10-17-6-4-14(18)5-7-17/h8-9,14,16,18-19H,4-7,10H2,1-3H3. The summed E-state index contributed by atoms with van der Waals surface area (Å²) in [6.45, 7) is 8.66. The van der Waals surface area contributed by atoms with Crippen LogP contribution in [0.3, 0.4) is 0 Å². The van der Waals surface area contributed by atoms with Crippen molar-refractivity contribution in [2.24, 2.45) is 0 Å². The van der Waals surface area contributed by atoms with E-state index in [9.17, 15) is 10.2 Å². The van der Waals surface area contributed by atoms with Crippen LogP contribution in [0.25, 0.3) is 0 Å². The normalized spacial score (nSPS) is 19.6. The summed E-state index contributed by atoms with van der Waals surface area (Å²) in [6, 6.07) is 4.25. The molecule has 1 heterocycles. The fourth-order valence-electron chi connectivity index (χ4n) is 2.79. The lowest BCUT2D eigenvalue weighted by molar-refractivity contribution is 0.0506. The van der Waals surface area contributed by atoms with Gasteiger partial charge in [-0.15, -0.1) is 0 Å². The molecule has 0 spiro atoms. The molecule has 1 fully saturated rings. The van der Waals surface area contributed by atoms with Crippen molar-refractivity contribution in [1.82, 2.24) is 4.90 Å². The zero-order valence-corrected chi connectivity index (χ0v) is 12.2. The van der Waals surface area contributed by atoms with Crippen LogP contribution < -0.4 is 0 Å². The Morgan fingerprint density at radius 3 is 2.32 bits per heavy atom. The van der Waals surface area contributed by atoms with Gasteiger partial charge in [-0.05, 0) is 55.9 Å². The van der Waals surface area contributed by atoms with Crippen molar-refractivity contribution in [3.63, 3.8) is 0 Å². The Morgan fingerprint density at radius 2 is 1.68 bits per heavy atom. The lowest BCUT2D eigenvalue weighted by Gasteiger charge is -2.31. The van der Waals surface area contributed by atoms with Gasteiger partial charge in [-0.3, -0.25) is 0 Å². The van der Waals surface area contributed by atoms with Gasteiger partial charge in [-0.2, -0.15) is 0 Å². The van der Waals surface area contributed by atoms with Crippen molar-refractivity contribution in [3.8, 4) is 0 Å². The molecule has 1 saturated heterocycles. The number of aliphatic hydroxyl groups excluding tert-OH is 2. The molecule has 0 amide bonds. The predicted molar refractivity (Wildman–Crippen MR) is 77.3 cm³/mol. The Balaban J connectivity index is 2.03. The third kappa shape index (κ3) is 3.56. The minimum absolute atomic E-state index is 0.156. The second-order valence-corrected chi connectivity index (χ2v) is 5.84. The number of aliphatic hydroxyl groups is 2. The minimum Gasteiger partial charge on any atom is -0.393 e. The minimum atomic E-state index is -0.436. The van der Waals surface area contributed by atoms with Gasteiger partial charge in [0, 0.05) is 19.6 Å². The molecule has 1 atom stereocenters. The van der Waals surface area contributed by atoms with E-state index in [0.717, 1.165) is 37.1 Å². The van der Waals surface area contributed by atoms with Crippen LogP contribution in [0.5, 0.6) is 0 Å². The molecular formula is C16H25NO2. The van der Waals surface area contributed by atoms with Gasteiger partial charge < -0.3 is 15.1 Å². The van der Waals surface area contributed by atoms with Crippen molar-refractivity contribution in [3.05, 3.63) is 34.4 Å². The topological polar surface area (TPSA) is 43.7 Å². The molecule has 1 aromatic rings. The molecule has 2 N–H and O–H groups in total. The quantitative estimate of drug-likeness (QED) is 0.878. The van der Waals surface area contributed by atoms with E-state index in [0.29, 0.717) is 6.54 Å². The van der Waals surface area contributed by atoms with Crippen molar-refractivity contribution in [2.75, 3.05) is 19.6 Å². The Bertz CT molecular complexity index is 437. The van der Waals surface area contributed by atoms with Gasteiger partial charge in [0.1, 0.15) is 0 Å². The predicted octanol–water partition coefficient (Wildman–Crippen LogP) is 2.10. The van der Waals surface area contributed by atoms with E-state index in [2.05, 4.69) is 37.8 Å². The summed E-state index contributed by atoms with van der Waals surface area (Å²) >= 11 is 0. The molecule has 0 aliphatic carbocycles. The van der Waals surface area contributed by atoms with Crippen LogP contribution in [0.1, 0.15) is 41.2 Å². The molecule has 3 nitrogen and oxygen atoms in total. The fourth-order valence-corrected chi connectivity index (χ4v) is 2.79. The van der Waals surface area contributed by atoms with Crippen LogP contribution in [0.4, 0.5) is 0 Å². The van der Waals surface area contributed by atoms with Gasteiger partial charge in [0.05, 0.1) is 12.2 Å². The van der Waals surface area contributed by atoms with Crippen LogP contribution in [-0.2, 0) is 0 Å². The van der Waals surface area contributed by atoms with E-state index in [1.165, 1.54) is 11.1 Å². The molecule has 0 radical (unpaired) electrons. The van der Waals surface area contributed by atoms with Gasteiger partial charge in [-0.1, -0.05) is 12.1 Å². The summed E-state index contributed by atoms with van der Waals surface area (Å²) in [7, 11) is 0. The number of nitrogens with zero attached hydrogens (tertiary/aromatic N) is 1. The molecule has 1 unspecified atom stereocenters. The van der Waals surface area contributed by atoms with E-state index >= 15 is 0 Å². The summed E-state index contributed by atoms with van der Waals surface area (Å²) in [4.78, 5) is 2.24. The van der Waals surface area contributed by atoms with Crippen molar-refractivity contribution < 1.29 is 10.2 Å². The SMILES string of the molecule is Cc1cc(C)c(C(O)CN2CCC(O)CC2)cc1C. The third-order valence-electron chi connectivity index (χ3n) is 4.23. The molecule has 19 heavy (non-hydrogen) atoms. The first kappa shape index (κ1) is 14.5. The molecule has 3 heteroatoms. The number of piperidine rings is 1. The van der Waals surface area contributed by atoms with Gasteiger partial charge in [0.15, 0.2) is 0 Å². The van der Waals surface area contributed by atoms with Crippen molar-refractivity contribution in [1.29, 1.82) is 0 Å². The van der Waals surface area contributed by atoms with Crippen LogP contribution in [-0.4, -0.2) is 40.9 Å². The monoisotopic (exact) mass is 263 g/mol. The van der Waals surface area contributed by atoms with Crippen molar-refractivity contribution in [2.45, 2.75) is 45.8 Å². The summed E-state index contributed by atoms with van der Waals surface area (Å²) in [5, 5.41) is 19.9. The molecule has 2 rings (SSSR count). The van der Waals surface area contributed by atoms with Crippen LogP contribution in [0, 0.1) is 20.8 Å². The molecule has 0 aromatic heterocycles. The molecule has 1 aromatic carbocycles. The first-order chi connectivity index (χ1) is 8.97. The zero-order chi connectivity index (χ0) is 14.0. The maximum atomic E-state index is 10.4. The van der Waals surface area contributed by atoms with E-state index in [1.807, 2.05) is 0 Å². The highest BCUT2D eigenvalue weighted by atomic mass is 16.3. The first-order valence-corrected chi connectivity index (χ1v) is 7.13. The number of likely N-dealkylation sites (tertiary alicyclic amines) is 1. The lowest BCUT2D eigenvalue weighted by Crippen LogP contribution is -2.38. The van der Waals surface area contributed by atoms with Crippen molar-refractivity contribution >= 4 is 0 Å². The first-order valence-electron chi connectivity index (χ1n) is 7.13. The van der Waals surface area contributed by atoms with E-state index < -0.39 is 6.10 Å². The number of β-amino-alcohol motifs (C(OH)–C–C–N with tert-alkyl or cyclic N) is 1. The van der Waals surface area contributed by atoms with Crippen LogP contribution in [0.2, 0.25) is 0 Å². The van der Waals surface area contributed by atoms with Gasteiger partial charge >= 0.3 is 0 Å². The third-order valence-corrected chi connectivity index (χ3v) is 4.23. The summed E-state index contributed by atoms with van der Waals surface area (Å²) < 4.78 is 0. The summed E-state index contributed by atoms with van der Waals surface area (Å²) in [5.41, 5.74) is 4.70. The average Bonchev–Trinajstić information content (AvgIpc) is 2.36. The smallest absolute Gasteiger partial charge is 0.0919 e. The maximum Gasteiger partial charge on any atom is 0.0919 e. The molecule has 1 aliphatic rings.